The van der Waals surface area contributed by atoms with E-state index in [1.165, 1.54) is 19.3 Å². The maximum atomic E-state index is 10.2. The lowest BCUT2D eigenvalue weighted by Gasteiger charge is -2.01. The summed E-state index contributed by atoms with van der Waals surface area (Å²) >= 11 is 0. The molecule has 1 saturated heterocycles. The largest absolute Gasteiger partial charge is 0.378 e. The van der Waals surface area contributed by atoms with Gasteiger partial charge in [0, 0.05) is 19.4 Å². The molecular formula is C11H22O2. The van der Waals surface area contributed by atoms with Crippen molar-refractivity contribution in [2.24, 2.45) is 0 Å². The Bertz CT molecular complexity index is 120. The molecule has 1 fully saturated rings. The molecule has 0 bridgehead atoms. The number of carbonyl (C=O) groups excluding carboxylic acids is 1. The summed E-state index contributed by atoms with van der Waals surface area (Å²) in [4.78, 5) is 10.2. The second-order valence-electron chi connectivity index (χ2n) is 3.29. The molecule has 1 aliphatic rings. The van der Waals surface area contributed by atoms with Crippen molar-refractivity contribution in [3.8, 4) is 0 Å². The van der Waals surface area contributed by atoms with Crippen LogP contribution >= 0.6 is 0 Å². The summed E-state index contributed by atoms with van der Waals surface area (Å²) in [6.07, 6.45) is 5.74. The van der Waals surface area contributed by atoms with Gasteiger partial charge >= 0.3 is 0 Å². The van der Waals surface area contributed by atoms with E-state index in [9.17, 15) is 4.79 Å². The zero-order valence-corrected chi connectivity index (χ0v) is 9.14. The molecule has 0 aromatic heterocycles. The Hall–Kier alpha value is -0.370. The van der Waals surface area contributed by atoms with Gasteiger partial charge in [-0.1, -0.05) is 20.8 Å². The van der Waals surface area contributed by atoms with Crippen LogP contribution in [-0.4, -0.2) is 18.5 Å². The van der Waals surface area contributed by atoms with E-state index in [4.69, 9.17) is 4.74 Å². The Morgan fingerprint density at radius 1 is 1.31 bits per heavy atom. The SMILES string of the molecule is CCC(=O)CC.CCC1CCCO1. The molecule has 1 heterocycles. The van der Waals surface area contributed by atoms with Crippen molar-refractivity contribution in [2.45, 2.75) is 59.0 Å². The van der Waals surface area contributed by atoms with Gasteiger partial charge in [0.2, 0.25) is 0 Å². The summed E-state index contributed by atoms with van der Waals surface area (Å²) in [6, 6.07) is 0. The molecule has 1 rings (SSSR count). The monoisotopic (exact) mass is 186 g/mol. The molecule has 0 aromatic carbocycles. The Labute approximate surface area is 81.7 Å². The number of carbonyl (C=O) groups is 1. The van der Waals surface area contributed by atoms with Crippen molar-refractivity contribution in [1.29, 1.82) is 0 Å². The van der Waals surface area contributed by atoms with E-state index in [1.54, 1.807) is 0 Å². The minimum atomic E-state index is 0.343. The van der Waals surface area contributed by atoms with Gasteiger partial charge in [0.1, 0.15) is 5.78 Å². The number of ether oxygens (including phenoxy) is 1. The van der Waals surface area contributed by atoms with Crippen molar-refractivity contribution in [3.05, 3.63) is 0 Å². The van der Waals surface area contributed by atoms with E-state index >= 15 is 0 Å². The summed E-state index contributed by atoms with van der Waals surface area (Å²) < 4.78 is 5.30. The molecule has 78 valence electrons. The van der Waals surface area contributed by atoms with Crippen molar-refractivity contribution in [1.82, 2.24) is 0 Å². The van der Waals surface area contributed by atoms with Gasteiger partial charge in [0.15, 0.2) is 0 Å². The van der Waals surface area contributed by atoms with Crippen LogP contribution in [0.25, 0.3) is 0 Å². The lowest BCUT2D eigenvalue weighted by Crippen LogP contribution is -2.00. The van der Waals surface area contributed by atoms with E-state index in [-0.39, 0.29) is 0 Å². The average Bonchev–Trinajstić information content (AvgIpc) is 2.70. The first-order valence-electron chi connectivity index (χ1n) is 5.37. The first-order chi connectivity index (χ1) is 6.24. The molecule has 0 aliphatic carbocycles. The van der Waals surface area contributed by atoms with E-state index in [1.807, 2.05) is 13.8 Å². The van der Waals surface area contributed by atoms with E-state index in [0.717, 1.165) is 6.61 Å². The van der Waals surface area contributed by atoms with Crippen LogP contribution in [0.1, 0.15) is 52.9 Å². The van der Waals surface area contributed by atoms with Crippen LogP contribution in [0.4, 0.5) is 0 Å². The molecule has 0 aromatic rings. The lowest BCUT2D eigenvalue weighted by molar-refractivity contribution is -0.118. The first-order valence-corrected chi connectivity index (χ1v) is 5.37. The number of Topliss-reactive ketones (excluding diaryl/α,β-unsaturated/α-hetero) is 1. The zero-order valence-electron chi connectivity index (χ0n) is 9.14. The molecular weight excluding hydrogens is 164 g/mol. The summed E-state index contributed by atoms with van der Waals surface area (Å²) in [6.45, 7) is 6.94. The molecule has 0 saturated carbocycles. The van der Waals surface area contributed by atoms with Gasteiger partial charge < -0.3 is 4.74 Å². The molecule has 13 heavy (non-hydrogen) atoms. The first kappa shape index (κ1) is 12.6. The minimum Gasteiger partial charge on any atom is -0.378 e. The number of ketones is 1. The van der Waals surface area contributed by atoms with Crippen molar-refractivity contribution >= 4 is 5.78 Å². The molecule has 0 spiro atoms. The summed E-state index contributed by atoms with van der Waals surface area (Å²) in [5.41, 5.74) is 0. The van der Waals surface area contributed by atoms with Crippen LogP contribution < -0.4 is 0 Å². The Morgan fingerprint density at radius 2 is 1.92 bits per heavy atom. The van der Waals surface area contributed by atoms with Crippen molar-refractivity contribution in [2.75, 3.05) is 6.61 Å². The fraction of sp³-hybridized carbons (Fsp3) is 0.909. The lowest BCUT2D eigenvalue weighted by atomic mass is 10.2. The van der Waals surface area contributed by atoms with Crippen LogP contribution in [-0.2, 0) is 9.53 Å². The minimum absolute atomic E-state index is 0.343. The summed E-state index contributed by atoms with van der Waals surface area (Å²) in [5.74, 6) is 0.343. The number of rotatable bonds is 3. The quantitative estimate of drug-likeness (QED) is 0.677. The Kier molecular flexibility index (Phi) is 8.00. The molecule has 1 unspecified atom stereocenters. The third-order valence-electron chi connectivity index (χ3n) is 2.27. The summed E-state index contributed by atoms with van der Waals surface area (Å²) in [5, 5.41) is 0. The molecule has 1 aliphatic heterocycles. The third-order valence-corrected chi connectivity index (χ3v) is 2.27. The van der Waals surface area contributed by atoms with Gasteiger partial charge in [-0.05, 0) is 19.3 Å². The highest BCUT2D eigenvalue weighted by Gasteiger charge is 2.11. The molecule has 2 heteroatoms. The fourth-order valence-corrected chi connectivity index (χ4v) is 1.22. The van der Waals surface area contributed by atoms with Gasteiger partial charge in [-0.15, -0.1) is 0 Å². The smallest absolute Gasteiger partial charge is 0.132 e. The standard InChI is InChI=1S/C6H12O.C5H10O/c1-2-6-4-3-5-7-6;1-3-5(6)4-2/h6H,2-5H2,1H3;3-4H2,1-2H3. The Balaban J connectivity index is 0.000000226. The van der Waals surface area contributed by atoms with Crippen LogP contribution in [0, 0.1) is 0 Å². The van der Waals surface area contributed by atoms with Gasteiger partial charge in [-0.2, -0.15) is 0 Å². The normalized spacial score (nSPS) is 20.7. The van der Waals surface area contributed by atoms with Crippen molar-refractivity contribution in [3.63, 3.8) is 0 Å². The van der Waals surface area contributed by atoms with Crippen molar-refractivity contribution < 1.29 is 9.53 Å². The van der Waals surface area contributed by atoms with E-state index < -0.39 is 0 Å². The average molecular weight is 186 g/mol. The third kappa shape index (κ3) is 6.76. The van der Waals surface area contributed by atoms with Crippen LogP contribution in [0.2, 0.25) is 0 Å². The molecule has 0 radical (unpaired) electrons. The highest BCUT2D eigenvalue weighted by Crippen LogP contribution is 2.13. The van der Waals surface area contributed by atoms with Gasteiger partial charge in [0.05, 0.1) is 6.10 Å². The van der Waals surface area contributed by atoms with Gasteiger partial charge in [-0.3, -0.25) is 4.79 Å². The second-order valence-corrected chi connectivity index (χ2v) is 3.29. The highest BCUT2D eigenvalue weighted by atomic mass is 16.5. The predicted octanol–water partition coefficient (Wildman–Crippen LogP) is 2.95. The topological polar surface area (TPSA) is 26.3 Å². The van der Waals surface area contributed by atoms with E-state index in [0.29, 0.717) is 24.7 Å². The molecule has 0 N–H and O–H groups in total. The Morgan fingerprint density at radius 3 is 2.08 bits per heavy atom. The van der Waals surface area contributed by atoms with Crippen LogP contribution in [0.5, 0.6) is 0 Å². The second kappa shape index (κ2) is 8.24. The summed E-state index contributed by atoms with van der Waals surface area (Å²) in [7, 11) is 0. The highest BCUT2D eigenvalue weighted by molar-refractivity contribution is 5.77. The molecule has 0 amide bonds. The number of hydrogen-bond donors (Lipinski definition) is 0. The van der Waals surface area contributed by atoms with Gasteiger partial charge in [0.25, 0.3) is 0 Å². The van der Waals surface area contributed by atoms with Gasteiger partial charge in [-0.25, -0.2) is 0 Å². The fourth-order valence-electron chi connectivity index (χ4n) is 1.22. The van der Waals surface area contributed by atoms with Crippen LogP contribution in [0.15, 0.2) is 0 Å². The van der Waals surface area contributed by atoms with E-state index in [2.05, 4.69) is 6.92 Å². The molecule has 2 nitrogen and oxygen atoms in total. The maximum Gasteiger partial charge on any atom is 0.132 e. The molecule has 1 atom stereocenters. The van der Waals surface area contributed by atoms with Crippen LogP contribution in [0.3, 0.4) is 0 Å². The number of hydrogen-bond acceptors (Lipinski definition) is 2. The zero-order chi connectivity index (χ0) is 10.1. The predicted molar refractivity (Wildman–Crippen MR) is 54.9 cm³/mol. The maximum absolute atomic E-state index is 10.2.